The molecular formula is C13H13FN4. The molecule has 2 aromatic rings. The van der Waals surface area contributed by atoms with Crippen molar-refractivity contribution in [3.05, 3.63) is 48.3 Å². The lowest BCUT2D eigenvalue weighted by Gasteiger charge is -2.16. The van der Waals surface area contributed by atoms with Gasteiger partial charge in [-0.05, 0) is 19.1 Å². The molecule has 0 spiro atoms. The van der Waals surface area contributed by atoms with Crippen LogP contribution in [0, 0.1) is 17.1 Å². The van der Waals surface area contributed by atoms with E-state index in [1.807, 2.05) is 23.8 Å². The van der Waals surface area contributed by atoms with E-state index in [0.717, 1.165) is 0 Å². The van der Waals surface area contributed by atoms with Crippen LogP contribution in [0.2, 0.25) is 0 Å². The fraction of sp³-hybridized carbons (Fsp3) is 0.231. The Morgan fingerprint density at radius 3 is 3.06 bits per heavy atom. The zero-order valence-electron chi connectivity index (χ0n) is 9.97. The number of halogens is 1. The summed E-state index contributed by atoms with van der Waals surface area (Å²) in [6, 6.07) is 6.50. The van der Waals surface area contributed by atoms with E-state index in [1.165, 1.54) is 6.07 Å². The average molecular weight is 244 g/mol. The zero-order chi connectivity index (χ0) is 13.0. The number of benzene rings is 1. The second-order valence-corrected chi connectivity index (χ2v) is 4.08. The minimum absolute atomic E-state index is 0.0509. The van der Waals surface area contributed by atoms with Crippen LogP contribution in [-0.2, 0) is 6.54 Å². The molecule has 2 rings (SSSR count). The van der Waals surface area contributed by atoms with E-state index < -0.39 is 5.82 Å². The number of anilines is 1. The van der Waals surface area contributed by atoms with Gasteiger partial charge in [0.2, 0.25) is 0 Å². The van der Waals surface area contributed by atoms with Gasteiger partial charge in [-0.3, -0.25) is 0 Å². The Hall–Kier alpha value is -2.35. The highest BCUT2D eigenvalue weighted by Crippen LogP contribution is 2.18. The highest BCUT2D eigenvalue weighted by Gasteiger charge is 2.10. The monoisotopic (exact) mass is 244 g/mol. The lowest BCUT2D eigenvalue weighted by molar-refractivity contribution is 0.611. The summed E-state index contributed by atoms with van der Waals surface area (Å²) in [5.41, 5.74) is 0.570. The second kappa shape index (κ2) is 5.32. The molecule has 1 N–H and O–H groups in total. The summed E-state index contributed by atoms with van der Waals surface area (Å²) < 4.78 is 15.3. The first kappa shape index (κ1) is 12.1. The summed E-state index contributed by atoms with van der Waals surface area (Å²) in [5.74, 6) is -0.502. The van der Waals surface area contributed by atoms with Crippen LogP contribution in [0.5, 0.6) is 0 Å². The Morgan fingerprint density at radius 2 is 2.39 bits per heavy atom. The fourth-order valence-electron chi connectivity index (χ4n) is 1.78. The van der Waals surface area contributed by atoms with Crippen LogP contribution >= 0.6 is 0 Å². The molecule has 1 atom stereocenters. The van der Waals surface area contributed by atoms with Crippen molar-refractivity contribution >= 4 is 5.69 Å². The van der Waals surface area contributed by atoms with Gasteiger partial charge in [-0.1, -0.05) is 6.07 Å². The molecule has 0 amide bonds. The normalized spacial score (nSPS) is 11.8. The van der Waals surface area contributed by atoms with Gasteiger partial charge in [0.05, 0.1) is 12.0 Å². The van der Waals surface area contributed by atoms with Crippen molar-refractivity contribution in [3.8, 4) is 6.07 Å². The van der Waals surface area contributed by atoms with E-state index in [9.17, 15) is 4.39 Å². The van der Waals surface area contributed by atoms with E-state index in [2.05, 4.69) is 10.3 Å². The predicted octanol–water partition coefficient (Wildman–Crippen LogP) is 2.39. The Labute approximate surface area is 105 Å². The summed E-state index contributed by atoms with van der Waals surface area (Å²) in [6.45, 7) is 2.66. The molecule has 18 heavy (non-hydrogen) atoms. The van der Waals surface area contributed by atoms with Crippen molar-refractivity contribution in [2.75, 3.05) is 5.32 Å². The molecule has 1 aromatic heterocycles. The number of hydrogen-bond donors (Lipinski definition) is 1. The highest BCUT2D eigenvalue weighted by molar-refractivity contribution is 5.58. The maximum atomic E-state index is 13.4. The quantitative estimate of drug-likeness (QED) is 0.898. The molecule has 0 radical (unpaired) electrons. The van der Waals surface area contributed by atoms with Gasteiger partial charge < -0.3 is 9.88 Å². The first-order valence-corrected chi connectivity index (χ1v) is 5.61. The van der Waals surface area contributed by atoms with E-state index in [4.69, 9.17) is 5.26 Å². The molecule has 0 aliphatic heterocycles. The lowest BCUT2D eigenvalue weighted by atomic mass is 10.1. The molecule has 0 aliphatic rings. The number of nitrogens with zero attached hydrogens (tertiary/aromatic N) is 3. The summed E-state index contributed by atoms with van der Waals surface area (Å²) in [6.07, 6.45) is 5.28. The van der Waals surface area contributed by atoms with E-state index in [1.54, 1.807) is 24.7 Å². The smallest absolute Gasteiger partial charge is 0.143 e. The topological polar surface area (TPSA) is 53.6 Å². The van der Waals surface area contributed by atoms with Crippen molar-refractivity contribution in [3.63, 3.8) is 0 Å². The summed E-state index contributed by atoms with van der Waals surface area (Å²) >= 11 is 0. The van der Waals surface area contributed by atoms with Crippen molar-refractivity contribution in [2.24, 2.45) is 0 Å². The highest BCUT2D eigenvalue weighted by atomic mass is 19.1. The molecule has 0 saturated heterocycles. The van der Waals surface area contributed by atoms with Crippen LogP contribution in [0.1, 0.15) is 12.5 Å². The van der Waals surface area contributed by atoms with Gasteiger partial charge in [-0.25, -0.2) is 9.37 Å². The Bertz CT molecular complexity index is 557. The number of nitrogens with one attached hydrogen (secondary N) is 1. The molecule has 0 aliphatic carbocycles. The summed E-state index contributed by atoms with van der Waals surface area (Å²) in [4.78, 5) is 3.95. The van der Waals surface area contributed by atoms with Crippen LogP contribution in [0.25, 0.3) is 0 Å². The van der Waals surface area contributed by atoms with Gasteiger partial charge in [-0.2, -0.15) is 5.26 Å². The third-order valence-electron chi connectivity index (χ3n) is 2.57. The van der Waals surface area contributed by atoms with Gasteiger partial charge in [0.1, 0.15) is 17.4 Å². The second-order valence-electron chi connectivity index (χ2n) is 4.08. The number of rotatable bonds is 4. The van der Waals surface area contributed by atoms with Crippen molar-refractivity contribution in [1.82, 2.24) is 9.55 Å². The van der Waals surface area contributed by atoms with Gasteiger partial charge in [0, 0.05) is 25.0 Å². The van der Waals surface area contributed by atoms with E-state index in [0.29, 0.717) is 12.2 Å². The zero-order valence-corrected chi connectivity index (χ0v) is 9.97. The fourth-order valence-corrected chi connectivity index (χ4v) is 1.78. The summed E-state index contributed by atoms with van der Waals surface area (Å²) in [7, 11) is 0. The van der Waals surface area contributed by atoms with Crippen LogP contribution in [0.15, 0.2) is 36.9 Å². The first-order chi connectivity index (χ1) is 8.70. The van der Waals surface area contributed by atoms with E-state index in [-0.39, 0.29) is 11.6 Å². The molecule has 4 nitrogen and oxygen atoms in total. The molecule has 92 valence electrons. The molecule has 0 saturated carbocycles. The minimum Gasteiger partial charge on any atom is -0.380 e. The predicted molar refractivity (Wildman–Crippen MR) is 66.4 cm³/mol. The molecule has 1 unspecified atom stereocenters. The number of hydrogen-bond acceptors (Lipinski definition) is 3. The minimum atomic E-state index is -0.502. The Kier molecular flexibility index (Phi) is 3.58. The third kappa shape index (κ3) is 2.66. The average Bonchev–Trinajstić information content (AvgIpc) is 2.82. The molecule has 1 heterocycles. The standard InChI is InChI=1S/C13H13FN4/c1-10(8-18-6-5-16-9-18)17-13-4-2-3-12(14)11(13)7-15/h2-6,9-10,17H,8H2,1H3. The molecule has 0 bridgehead atoms. The van der Waals surface area contributed by atoms with Crippen LogP contribution in [0.4, 0.5) is 10.1 Å². The molecule has 5 heteroatoms. The third-order valence-corrected chi connectivity index (χ3v) is 2.57. The van der Waals surface area contributed by atoms with Gasteiger partial charge in [-0.15, -0.1) is 0 Å². The summed E-state index contributed by atoms with van der Waals surface area (Å²) in [5, 5.41) is 12.1. The number of nitriles is 1. The lowest BCUT2D eigenvalue weighted by Crippen LogP contribution is -2.22. The maximum absolute atomic E-state index is 13.4. The van der Waals surface area contributed by atoms with Gasteiger partial charge in [0.25, 0.3) is 0 Å². The Balaban J connectivity index is 2.10. The first-order valence-electron chi connectivity index (χ1n) is 5.61. The molecular weight excluding hydrogens is 231 g/mol. The van der Waals surface area contributed by atoms with Crippen LogP contribution in [-0.4, -0.2) is 15.6 Å². The van der Waals surface area contributed by atoms with Crippen LogP contribution in [0.3, 0.4) is 0 Å². The maximum Gasteiger partial charge on any atom is 0.143 e. The van der Waals surface area contributed by atoms with E-state index >= 15 is 0 Å². The molecule has 0 fully saturated rings. The van der Waals surface area contributed by atoms with Crippen molar-refractivity contribution in [2.45, 2.75) is 19.5 Å². The molecule has 1 aromatic carbocycles. The van der Waals surface area contributed by atoms with Crippen molar-refractivity contribution in [1.29, 1.82) is 5.26 Å². The van der Waals surface area contributed by atoms with Gasteiger partial charge >= 0.3 is 0 Å². The largest absolute Gasteiger partial charge is 0.380 e. The SMILES string of the molecule is CC(Cn1ccnc1)Nc1cccc(F)c1C#N. The Morgan fingerprint density at radius 1 is 1.56 bits per heavy atom. The number of aromatic nitrogens is 2. The van der Waals surface area contributed by atoms with Crippen molar-refractivity contribution < 1.29 is 4.39 Å². The number of imidazole rings is 1. The van der Waals surface area contributed by atoms with Crippen LogP contribution < -0.4 is 5.32 Å². The van der Waals surface area contributed by atoms with Gasteiger partial charge in [0.15, 0.2) is 0 Å².